The first-order valence-electron chi connectivity index (χ1n) is 3.83. The summed E-state index contributed by atoms with van der Waals surface area (Å²) in [6.45, 7) is 0.501. The molecule has 0 fully saturated rings. The maximum atomic E-state index is 10.6. The van der Waals surface area contributed by atoms with Crippen LogP contribution in [-0.2, 0) is 6.42 Å². The van der Waals surface area contributed by atoms with E-state index >= 15 is 0 Å². The van der Waals surface area contributed by atoms with E-state index in [9.17, 15) is 4.79 Å². The van der Waals surface area contributed by atoms with Gasteiger partial charge in [0.25, 0.3) is 0 Å². The predicted octanol–water partition coefficient (Wildman–Crippen LogP) is 0.653. The van der Waals surface area contributed by atoms with E-state index in [1.807, 2.05) is 0 Å². The summed E-state index contributed by atoms with van der Waals surface area (Å²) in [5.41, 5.74) is 5.81. The number of carbonyl (C=O) groups is 1. The first kappa shape index (κ1) is 10.0. The average molecular weight is 204 g/mol. The van der Waals surface area contributed by atoms with Crippen LogP contribution in [0.15, 0.2) is 0 Å². The van der Waals surface area contributed by atoms with Crippen molar-refractivity contribution in [2.75, 3.05) is 6.54 Å². The second-order valence-electron chi connectivity index (χ2n) is 2.56. The van der Waals surface area contributed by atoms with E-state index in [-0.39, 0.29) is 10.8 Å². The fourth-order valence-electron chi connectivity index (χ4n) is 1.03. The molecule has 0 bridgehead atoms. The summed E-state index contributed by atoms with van der Waals surface area (Å²) in [4.78, 5) is 10.6. The number of aromatic amines is 1. The largest absolute Gasteiger partial charge is 0.476 e. The third-order valence-electron chi connectivity index (χ3n) is 1.65. The molecule has 0 aromatic carbocycles. The van der Waals surface area contributed by atoms with E-state index in [0.29, 0.717) is 24.9 Å². The van der Waals surface area contributed by atoms with Crippen LogP contribution in [0.2, 0.25) is 5.15 Å². The number of aromatic nitrogens is 2. The molecule has 0 atom stereocenters. The summed E-state index contributed by atoms with van der Waals surface area (Å²) in [5.74, 6) is -1.07. The molecule has 0 radical (unpaired) electrons. The quantitative estimate of drug-likeness (QED) is 0.670. The smallest absolute Gasteiger partial charge is 0.356 e. The van der Waals surface area contributed by atoms with Crippen LogP contribution in [0.4, 0.5) is 0 Å². The molecule has 6 heteroatoms. The van der Waals surface area contributed by atoms with Crippen LogP contribution in [0.1, 0.15) is 22.5 Å². The Bertz CT molecular complexity index is 311. The van der Waals surface area contributed by atoms with Gasteiger partial charge in [-0.2, -0.15) is 5.10 Å². The highest BCUT2D eigenvalue weighted by Crippen LogP contribution is 2.18. The Balaban J connectivity index is 2.88. The van der Waals surface area contributed by atoms with Gasteiger partial charge in [-0.25, -0.2) is 4.79 Å². The minimum absolute atomic E-state index is 0.0153. The fraction of sp³-hybridized carbons (Fsp3) is 0.429. The molecule has 1 rings (SSSR count). The van der Waals surface area contributed by atoms with E-state index < -0.39 is 5.97 Å². The Kier molecular flexibility index (Phi) is 3.27. The Hall–Kier alpha value is -1.07. The Morgan fingerprint density at radius 3 is 2.92 bits per heavy atom. The zero-order chi connectivity index (χ0) is 9.84. The summed E-state index contributed by atoms with van der Waals surface area (Å²) in [6, 6.07) is 0. The van der Waals surface area contributed by atoms with Crippen molar-refractivity contribution in [2.45, 2.75) is 12.8 Å². The number of carboxylic acids is 1. The normalized spacial score (nSPS) is 10.3. The second kappa shape index (κ2) is 4.25. The number of halogens is 1. The molecule has 0 amide bonds. The monoisotopic (exact) mass is 203 g/mol. The van der Waals surface area contributed by atoms with E-state index in [2.05, 4.69) is 10.2 Å². The van der Waals surface area contributed by atoms with Gasteiger partial charge in [0, 0.05) is 5.56 Å². The molecule has 1 aromatic rings. The van der Waals surface area contributed by atoms with Gasteiger partial charge in [-0.15, -0.1) is 0 Å². The molecule has 5 nitrogen and oxygen atoms in total. The van der Waals surface area contributed by atoms with Gasteiger partial charge in [-0.05, 0) is 19.4 Å². The number of rotatable bonds is 4. The van der Waals surface area contributed by atoms with Crippen molar-refractivity contribution in [1.29, 1.82) is 0 Å². The van der Waals surface area contributed by atoms with Crippen LogP contribution in [0.25, 0.3) is 0 Å². The van der Waals surface area contributed by atoms with Crippen molar-refractivity contribution in [1.82, 2.24) is 10.2 Å². The van der Waals surface area contributed by atoms with Crippen LogP contribution in [-0.4, -0.2) is 27.8 Å². The molecule has 72 valence electrons. The lowest BCUT2D eigenvalue weighted by Gasteiger charge is -1.97. The molecule has 13 heavy (non-hydrogen) atoms. The summed E-state index contributed by atoms with van der Waals surface area (Å²) >= 11 is 5.70. The van der Waals surface area contributed by atoms with Crippen molar-refractivity contribution < 1.29 is 9.90 Å². The molecule has 0 aliphatic carbocycles. The Morgan fingerprint density at radius 1 is 1.69 bits per heavy atom. The van der Waals surface area contributed by atoms with Crippen LogP contribution < -0.4 is 5.73 Å². The molecule has 4 N–H and O–H groups in total. The average Bonchev–Trinajstić information content (AvgIpc) is 2.43. The number of nitrogens with one attached hydrogen (secondary N) is 1. The van der Waals surface area contributed by atoms with E-state index in [1.165, 1.54) is 0 Å². The maximum absolute atomic E-state index is 10.6. The van der Waals surface area contributed by atoms with E-state index in [4.69, 9.17) is 22.4 Å². The predicted molar refractivity (Wildman–Crippen MR) is 47.9 cm³/mol. The van der Waals surface area contributed by atoms with E-state index in [0.717, 1.165) is 0 Å². The highest BCUT2D eigenvalue weighted by atomic mass is 35.5. The molecule has 1 heterocycles. The number of nitrogens with two attached hydrogens (primary N) is 1. The summed E-state index contributed by atoms with van der Waals surface area (Å²) in [7, 11) is 0. The van der Waals surface area contributed by atoms with Gasteiger partial charge in [0.05, 0.1) is 0 Å². The summed E-state index contributed by atoms with van der Waals surface area (Å²) < 4.78 is 0. The topological polar surface area (TPSA) is 92.0 Å². The third-order valence-corrected chi connectivity index (χ3v) is 1.96. The molecular formula is C7H10ClN3O2. The molecule has 0 saturated carbocycles. The van der Waals surface area contributed by atoms with Crippen molar-refractivity contribution in [3.63, 3.8) is 0 Å². The molecule has 0 aliphatic heterocycles. The first-order chi connectivity index (χ1) is 6.16. The minimum Gasteiger partial charge on any atom is -0.476 e. The second-order valence-corrected chi connectivity index (χ2v) is 2.94. The van der Waals surface area contributed by atoms with Gasteiger partial charge in [0.2, 0.25) is 0 Å². The molecule has 1 aromatic heterocycles. The van der Waals surface area contributed by atoms with Crippen LogP contribution in [0, 0.1) is 0 Å². The van der Waals surface area contributed by atoms with E-state index in [1.54, 1.807) is 0 Å². The summed E-state index contributed by atoms with van der Waals surface area (Å²) in [6.07, 6.45) is 1.23. The third kappa shape index (κ3) is 2.19. The standard InChI is InChI=1S/C7H10ClN3O2/c8-6-4(2-1-3-9)5(7(12)13)10-11-6/h1-3,9H2,(H,10,11)(H,12,13). The van der Waals surface area contributed by atoms with Crippen LogP contribution >= 0.6 is 11.6 Å². The SMILES string of the molecule is NCCCc1c(C(=O)O)n[nH]c1Cl. The molecule has 0 aliphatic rings. The Morgan fingerprint density at radius 2 is 2.38 bits per heavy atom. The molecule has 0 saturated heterocycles. The van der Waals surface area contributed by atoms with Gasteiger partial charge in [0.1, 0.15) is 5.15 Å². The van der Waals surface area contributed by atoms with Gasteiger partial charge in [-0.3, -0.25) is 5.10 Å². The number of aromatic carboxylic acids is 1. The minimum atomic E-state index is -1.07. The van der Waals surface area contributed by atoms with Gasteiger partial charge in [-0.1, -0.05) is 11.6 Å². The number of hydrogen-bond donors (Lipinski definition) is 3. The van der Waals surface area contributed by atoms with Crippen LogP contribution in [0.3, 0.4) is 0 Å². The fourth-order valence-corrected chi connectivity index (χ4v) is 1.25. The van der Waals surface area contributed by atoms with Crippen molar-refractivity contribution in [3.05, 3.63) is 16.4 Å². The zero-order valence-corrected chi connectivity index (χ0v) is 7.64. The summed E-state index contributed by atoms with van der Waals surface area (Å²) in [5, 5.41) is 15.0. The highest BCUT2D eigenvalue weighted by Gasteiger charge is 2.16. The molecular weight excluding hydrogens is 194 g/mol. The number of carboxylic acid groups (broad SMARTS) is 1. The number of hydrogen-bond acceptors (Lipinski definition) is 3. The first-order valence-corrected chi connectivity index (χ1v) is 4.20. The van der Waals surface area contributed by atoms with Crippen LogP contribution in [0.5, 0.6) is 0 Å². The lowest BCUT2D eigenvalue weighted by Crippen LogP contribution is -2.05. The maximum Gasteiger partial charge on any atom is 0.356 e. The van der Waals surface area contributed by atoms with Gasteiger partial charge in [0.15, 0.2) is 5.69 Å². The molecule has 0 unspecified atom stereocenters. The zero-order valence-electron chi connectivity index (χ0n) is 6.88. The number of H-pyrrole nitrogens is 1. The lowest BCUT2D eigenvalue weighted by molar-refractivity contribution is 0.0689. The lowest BCUT2D eigenvalue weighted by atomic mass is 10.1. The van der Waals surface area contributed by atoms with Gasteiger partial charge < -0.3 is 10.8 Å². The highest BCUT2D eigenvalue weighted by molar-refractivity contribution is 6.30. The van der Waals surface area contributed by atoms with Gasteiger partial charge >= 0.3 is 5.97 Å². The number of nitrogens with zero attached hydrogens (tertiary/aromatic N) is 1. The van der Waals surface area contributed by atoms with Crippen molar-refractivity contribution >= 4 is 17.6 Å². The van der Waals surface area contributed by atoms with Crippen molar-refractivity contribution in [3.8, 4) is 0 Å². The van der Waals surface area contributed by atoms with Crippen molar-refractivity contribution in [2.24, 2.45) is 5.73 Å². The Labute approximate surface area is 79.9 Å². The molecule has 0 spiro atoms.